The molecule has 0 saturated heterocycles. The second-order valence-electron chi connectivity index (χ2n) is 4.64. The molecule has 0 spiro atoms. The molecule has 0 fully saturated rings. The van der Waals surface area contributed by atoms with Crippen LogP contribution in [0.3, 0.4) is 0 Å². The fourth-order valence-electron chi connectivity index (χ4n) is 1.73. The monoisotopic (exact) mass is 251 g/mol. The summed E-state index contributed by atoms with van der Waals surface area (Å²) >= 11 is 0. The lowest BCUT2D eigenvalue weighted by atomic mass is 10.2. The smallest absolute Gasteiger partial charge is 0.122 e. The molecule has 0 aliphatic carbocycles. The van der Waals surface area contributed by atoms with Gasteiger partial charge in [0.05, 0.1) is 0 Å². The Morgan fingerprint density at radius 3 is 2.78 bits per heavy atom. The van der Waals surface area contributed by atoms with Gasteiger partial charge in [0.2, 0.25) is 0 Å². The van der Waals surface area contributed by atoms with Gasteiger partial charge in [-0.15, -0.1) is 0 Å². The zero-order valence-corrected chi connectivity index (χ0v) is 11.5. The maximum atomic E-state index is 9.77. The quantitative estimate of drug-likeness (QED) is 0.663. The van der Waals surface area contributed by atoms with Gasteiger partial charge in [0, 0.05) is 6.54 Å². The Bertz CT molecular complexity index is 328. The molecule has 0 amide bonds. The molecule has 3 nitrogen and oxygen atoms in total. The highest BCUT2D eigenvalue weighted by Crippen LogP contribution is 2.16. The van der Waals surface area contributed by atoms with Gasteiger partial charge in [0.1, 0.15) is 18.5 Å². The summed E-state index contributed by atoms with van der Waals surface area (Å²) in [7, 11) is 0. The molecule has 1 rings (SSSR count). The number of aliphatic hydroxyl groups excluding tert-OH is 1. The molecule has 0 heterocycles. The van der Waals surface area contributed by atoms with Crippen LogP contribution >= 0.6 is 0 Å². The third kappa shape index (κ3) is 6.03. The van der Waals surface area contributed by atoms with Crippen LogP contribution in [0.1, 0.15) is 31.7 Å². The minimum Gasteiger partial charge on any atom is -0.491 e. The van der Waals surface area contributed by atoms with Crippen molar-refractivity contribution in [3.63, 3.8) is 0 Å². The lowest BCUT2D eigenvalue weighted by molar-refractivity contribution is 0.106. The molecule has 2 N–H and O–H groups in total. The molecule has 1 aromatic rings. The maximum absolute atomic E-state index is 9.77. The van der Waals surface area contributed by atoms with Crippen molar-refractivity contribution >= 4 is 0 Å². The molecule has 102 valence electrons. The number of para-hydroxylation sites is 1. The first-order valence-electron chi connectivity index (χ1n) is 6.81. The Balaban J connectivity index is 2.13. The van der Waals surface area contributed by atoms with Crippen molar-refractivity contribution in [3.8, 4) is 5.75 Å². The van der Waals surface area contributed by atoms with Gasteiger partial charge in [0.25, 0.3) is 0 Å². The zero-order valence-electron chi connectivity index (χ0n) is 11.5. The fraction of sp³-hybridized carbons (Fsp3) is 0.600. The second-order valence-corrected chi connectivity index (χ2v) is 4.64. The Kier molecular flexibility index (Phi) is 7.46. The summed E-state index contributed by atoms with van der Waals surface area (Å²) in [5, 5.41) is 13.0. The number of unbranched alkanes of at least 4 members (excludes halogenated alkanes) is 2. The summed E-state index contributed by atoms with van der Waals surface area (Å²) in [6.07, 6.45) is 3.18. The van der Waals surface area contributed by atoms with Crippen LogP contribution in [0, 0.1) is 6.92 Å². The molecule has 3 heteroatoms. The van der Waals surface area contributed by atoms with E-state index in [9.17, 15) is 5.11 Å². The highest BCUT2D eigenvalue weighted by atomic mass is 16.5. The predicted molar refractivity (Wildman–Crippen MR) is 75.1 cm³/mol. The highest BCUT2D eigenvalue weighted by Gasteiger charge is 2.05. The van der Waals surface area contributed by atoms with Gasteiger partial charge in [-0.3, -0.25) is 0 Å². The highest BCUT2D eigenvalue weighted by molar-refractivity contribution is 5.31. The number of ether oxygens (including phenoxy) is 1. The van der Waals surface area contributed by atoms with Crippen molar-refractivity contribution in [2.45, 2.75) is 39.2 Å². The third-order valence-corrected chi connectivity index (χ3v) is 2.86. The van der Waals surface area contributed by atoms with Crippen molar-refractivity contribution < 1.29 is 9.84 Å². The third-order valence-electron chi connectivity index (χ3n) is 2.86. The van der Waals surface area contributed by atoms with Crippen LogP contribution in [-0.4, -0.2) is 30.9 Å². The standard InChI is InChI=1S/C15H25NO2/c1-3-4-7-10-16-11-14(17)12-18-15-9-6-5-8-13(15)2/h5-6,8-9,14,16-17H,3-4,7,10-12H2,1-2H3. The van der Waals surface area contributed by atoms with Crippen LogP contribution in [0.25, 0.3) is 0 Å². The predicted octanol–water partition coefficient (Wildman–Crippen LogP) is 2.51. The number of hydrogen-bond donors (Lipinski definition) is 2. The zero-order chi connectivity index (χ0) is 13.2. The van der Waals surface area contributed by atoms with Crippen LogP contribution < -0.4 is 10.1 Å². The summed E-state index contributed by atoms with van der Waals surface area (Å²) < 4.78 is 5.59. The van der Waals surface area contributed by atoms with Crippen LogP contribution in [0.2, 0.25) is 0 Å². The molecular weight excluding hydrogens is 226 g/mol. The summed E-state index contributed by atoms with van der Waals surface area (Å²) in [6, 6.07) is 7.85. The Morgan fingerprint density at radius 1 is 1.28 bits per heavy atom. The van der Waals surface area contributed by atoms with Crippen LogP contribution in [0.15, 0.2) is 24.3 Å². The van der Waals surface area contributed by atoms with E-state index >= 15 is 0 Å². The van der Waals surface area contributed by atoms with E-state index in [4.69, 9.17) is 4.74 Å². The van der Waals surface area contributed by atoms with E-state index in [0.717, 1.165) is 17.9 Å². The number of aryl methyl sites for hydroxylation is 1. The van der Waals surface area contributed by atoms with E-state index in [-0.39, 0.29) is 0 Å². The number of aliphatic hydroxyl groups is 1. The molecule has 0 saturated carbocycles. The number of hydrogen-bond acceptors (Lipinski definition) is 3. The lowest BCUT2D eigenvalue weighted by Gasteiger charge is -2.14. The molecule has 1 aromatic carbocycles. The largest absolute Gasteiger partial charge is 0.491 e. The molecule has 18 heavy (non-hydrogen) atoms. The first-order chi connectivity index (χ1) is 8.74. The van der Waals surface area contributed by atoms with E-state index in [1.165, 1.54) is 19.3 Å². The van der Waals surface area contributed by atoms with Crippen molar-refractivity contribution in [1.29, 1.82) is 0 Å². The SMILES string of the molecule is CCCCCNCC(O)COc1ccccc1C. The lowest BCUT2D eigenvalue weighted by Crippen LogP contribution is -2.32. The fourth-order valence-corrected chi connectivity index (χ4v) is 1.73. The van der Waals surface area contributed by atoms with Gasteiger partial charge in [-0.25, -0.2) is 0 Å². The topological polar surface area (TPSA) is 41.5 Å². The van der Waals surface area contributed by atoms with Gasteiger partial charge in [-0.1, -0.05) is 38.0 Å². The summed E-state index contributed by atoms with van der Waals surface area (Å²) in [6.45, 7) is 6.09. The molecule has 0 radical (unpaired) electrons. The van der Waals surface area contributed by atoms with Crippen LogP contribution in [0.4, 0.5) is 0 Å². The molecule has 0 bridgehead atoms. The first-order valence-corrected chi connectivity index (χ1v) is 6.81. The number of rotatable bonds is 9. The number of nitrogens with one attached hydrogen (secondary N) is 1. The average Bonchev–Trinajstić information content (AvgIpc) is 2.37. The van der Waals surface area contributed by atoms with E-state index in [1.807, 2.05) is 31.2 Å². The Hall–Kier alpha value is -1.06. The van der Waals surface area contributed by atoms with Gasteiger partial charge in [-0.2, -0.15) is 0 Å². The normalized spacial score (nSPS) is 12.4. The van der Waals surface area contributed by atoms with Crippen molar-refractivity contribution in [3.05, 3.63) is 29.8 Å². The summed E-state index contributed by atoms with van der Waals surface area (Å²) in [5.41, 5.74) is 1.10. The molecule has 1 unspecified atom stereocenters. The molecule has 0 aliphatic rings. The van der Waals surface area contributed by atoms with Crippen molar-refractivity contribution in [2.75, 3.05) is 19.7 Å². The average molecular weight is 251 g/mol. The van der Waals surface area contributed by atoms with Crippen molar-refractivity contribution in [2.24, 2.45) is 0 Å². The maximum Gasteiger partial charge on any atom is 0.122 e. The molecule has 1 atom stereocenters. The minimum absolute atomic E-state index is 0.339. The summed E-state index contributed by atoms with van der Waals surface area (Å²) in [5.74, 6) is 0.850. The Labute approximate surface area is 110 Å². The van der Waals surface area contributed by atoms with E-state index in [1.54, 1.807) is 0 Å². The van der Waals surface area contributed by atoms with Crippen LogP contribution in [-0.2, 0) is 0 Å². The molecule has 0 aliphatic heterocycles. The van der Waals surface area contributed by atoms with E-state index in [0.29, 0.717) is 13.2 Å². The first kappa shape index (κ1) is 15.0. The van der Waals surface area contributed by atoms with E-state index < -0.39 is 6.10 Å². The number of benzene rings is 1. The molecule has 0 aromatic heterocycles. The van der Waals surface area contributed by atoms with Crippen LogP contribution in [0.5, 0.6) is 5.75 Å². The van der Waals surface area contributed by atoms with Crippen molar-refractivity contribution in [1.82, 2.24) is 5.32 Å². The molecular formula is C15H25NO2. The second kappa shape index (κ2) is 8.95. The van der Waals surface area contributed by atoms with Gasteiger partial charge < -0.3 is 15.2 Å². The minimum atomic E-state index is -0.453. The summed E-state index contributed by atoms with van der Waals surface area (Å²) in [4.78, 5) is 0. The Morgan fingerprint density at radius 2 is 2.06 bits per heavy atom. The van der Waals surface area contributed by atoms with E-state index in [2.05, 4.69) is 12.2 Å². The van der Waals surface area contributed by atoms with Gasteiger partial charge in [0.15, 0.2) is 0 Å². The van der Waals surface area contributed by atoms with Gasteiger partial charge >= 0.3 is 0 Å². The van der Waals surface area contributed by atoms with Gasteiger partial charge in [-0.05, 0) is 31.5 Å².